The van der Waals surface area contributed by atoms with Gasteiger partial charge in [-0.05, 0) is 25.7 Å². The Bertz CT molecular complexity index is 180. The zero-order valence-electron chi connectivity index (χ0n) is 14.9. The van der Waals surface area contributed by atoms with Crippen LogP contribution in [0.4, 0.5) is 0 Å². The quantitative estimate of drug-likeness (QED) is 0.432. The van der Waals surface area contributed by atoms with Gasteiger partial charge in [0.15, 0.2) is 0 Å². The number of rotatable bonds is 12. The lowest BCUT2D eigenvalue weighted by molar-refractivity contribution is -0.929. The molecule has 0 amide bonds. The van der Waals surface area contributed by atoms with Gasteiger partial charge in [0.25, 0.3) is 0 Å². The second-order valence-corrected chi connectivity index (χ2v) is 5.87. The lowest BCUT2D eigenvalue weighted by atomic mass is 10.1. The molecule has 0 aliphatic heterocycles. The molecule has 0 saturated carbocycles. The molecule has 0 spiro atoms. The molecule has 0 aliphatic rings. The van der Waals surface area contributed by atoms with Gasteiger partial charge in [-0.1, -0.05) is 53.4 Å². The standard InChI is InChI=1S/C16H36N.C2H3N/c1-5-9-13-17(14-10-6-2,15-11-7-3)16-12-8-4;1-2-3/h5-16H2,1-4H3;1H3/q+1;. The largest absolute Gasteiger partial charge is 0.324 e. The van der Waals surface area contributed by atoms with Crippen molar-refractivity contribution in [2.75, 3.05) is 26.2 Å². The molecule has 0 radical (unpaired) electrons. The van der Waals surface area contributed by atoms with E-state index in [1.165, 1.54) is 89.0 Å². The Morgan fingerprint density at radius 1 is 0.650 bits per heavy atom. The van der Waals surface area contributed by atoms with E-state index in [0.29, 0.717) is 0 Å². The zero-order chi connectivity index (χ0) is 15.7. The van der Waals surface area contributed by atoms with Crippen molar-refractivity contribution in [1.29, 1.82) is 5.26 Å². The van der Waals surface area contributed by atoms with Gasteiger partial charge in [0.2, 0.25) is 0 Å². The molecule has 20 heavy (non-hydrogen) atoms. The summed E-state index contributed by atoms with van der Waals surface area (Å²) >= 11 is 0. The fourth-order valence-corrected chi connectivity index (χ4v) is 2.64. The molecule has 0 saturated heterocycles. The molecular weight excluding hydrogens is 244 g/mol. The van der Waals surface area contributed by atoms with E-state index < -0.39 is 0 Å². The van der Waals surface area contributed by atoms with E-state index in [-0.39, 0.29) is 0 Å². The maximum Gasteiger partial charge on any atom is 0.0786 e. The molecule has 0 heterocycles. The van der Waals surface area contributed by atoms with Gasteiger partial charge in [-0.3, -0.25) is 0 Å². The SMILES string of the molecule is CC#N.CCCC[N+](CCCC)(CCCC)CCCC. The van der Waals surface area contributed by atoms with Gasteiger partial charge in [-0.15, -0.1) is 0 Å². The number of quaternary nitrogens is 1. The number of nitrogens with zero attached hydrogens (tertiary/aromatic N) is 2. The highest BCUT2D eigenvalue weighted by atomic mass is 15.3. The molecule has 0 N–H and O–H groups in total. The van der Waals surface area contributed by atoms with Crippen molar-refractivity contribution in [3.63, 3.8) is 0 Å². The highest BCUT2D eigenvalue weighted by molar-refractivity contribution is 4.51. The maximum atomic E-state index is 7.32. The first-order chi connectivity index (χ1) is 9.66. The summed E-state index contributed by atoms with van der Waals surface area (Å²) in [6.07, 6.45) is 11.1. The summed E-state index contributed by atoms with van der Waals surface area (Å²) in [5.74, 6) is 0. The van der Waals surface area contributed by atoms with Crippen molar-refractivity contribution in [3.8, 4) is 6.07 Å². The summed E-state index contributed by atoms with van der Waals surface area (Å²) in [4.78, 5) is 0. The monoisotopic (exact) mass is 283 g/mol. The molecule has 2 heteroatoms. The fourth-order valence-electron chi connectivity index (χ4n) is 2.64. The lowest BCUT2D eigenvalue weighted by Gasteiger charge is -2.39. The Morgan fingerprint density at radius 2 is 0.850 bits per heavy atom. The van der Waals surface area contributed by atoms with Crippen LogP contribution in [0.3, 0.4) is 0 Å². The number of unbranched alkanes of at least 4 members (excludes halogenated alkanes) is 4. The topological polar surface area (TPSA) is 23.8 Å². The lowest BCUT2D eigenvalue weighted by Crippen LogP contribution is -2.50. The van der Waals surface area contributed by atoms with Crippen LogP contribution in [0.5, 0.6) is 0 Å². The number of nitriles is 1. The van der Waals surface area contributed by atoms with E-state index in [4.69, 9.17) is 5.26 Å². The third kappa shape index (κ3) is 12.5. The fraction of sp³-hybridized carbons (Fsp3) is 0.944. The molecular formula is C18H39N2+. The number of hydrogen-bond acceptors (Lipinski definition) is 1. The summed E-state index contributed by atoms with van der Waals surface area (Å²) in [6.45, 7) is 16.4. The summed E-state index contributed by atoms with van der Waals surface area (Å²) in [7, 11) is 0. The zero-order valence-corrected chi connectivity index (χ0v) is 14.9. The molecule has 2 nitrogen and oxygen atoms in total. The third-order valence-electron chi connectivity index (χ3n) is 3.94. The first-order valence-corrected chi connectivity index (χ1v) is 8.82. The predicted octanol–water partition coefficient (Wildman–Crippen LogP) is 5.53. The van der Waals surface area contributed by atoms with Crippen LogP contribution in [-0.2, 0) is 0 Å². The van der Waals surface area contributed by atoms with Crippen LogP contribution in [-0.4, -0.2) is 30.7 Å². The van der Waals surface area contributed by atoms with Gasteiger partial charge in [0.05, 0.1) is 32.2 Å². The van der Waals surface area contributed by atoms with Gasteiger partial charge >= 0.3 is 0 Å². The summed E-state index contributed by atoms with van der Waals surface area (Å²) in [6, 6.07) is 1.75. The molecule has 120 valence electrons. The van der Waals surface area contributed by atoms with Crippen LogP contribution in [0.15, 0.2) is 0 Å². The summed E-state index contributed by atoms with van der Waals surface area (Å²) in [5.41, 5.74) is 0. The second kappa shape index (κ2) is 16.5. The van der Waals surface area contributed by atoms with E-state index in [1.54, 1.807) is 6.07 Å². The van der Waals surface area contributed by atoms with Gasteiger partial charge in [0.1, 0.15) is 0 Å². The molecule has 0 rings (SSSR count). The van der Waals surface area contributed by atoms with Crippen LogP contribution in [0.25, 0.3) is 0 Å². The van der Waals surface area contributed by atoms with E-state index in [2.05, 4.69) is 27.7 Å². The van der Waals surface area contributed by atoms with Gasteiger partial charge in [0, 0.05) is 6.92 Å². The van der Waals surface area contributed by atoms with Crippen LogP contribution >= 0.6 is 0 Å². The maximum absolute atomic E-state index is 7.32. The Kier molecular flexibility index (Phi) is 17.9. The highest BCUT2D eigenvalue weighted by Crippen LogP contribution is 2.16. The van der Waals surface area contributed by atoms with Crippen molar-refractivity contribution >= 4 is 0 Å². The summed E-state index contributed by atoms with van der Waals surface area (Å²) in [5, 5.41) is 7.32. The average Bonchev–Trinajstić information content (AvgIpc) is 2.46. The molecule has 0 aromatic carbocycles. The van der Waals surface area contributed by atoms with E-state index >= 15 is 0 Å². The molecule has 0 atom stereocenters. The molecule has 0 aromatic heterocycles. The van der Waals surface area contributed by atoms with Crippen LogP contribution < -0.4 is 0 Å². The van der Waals surface area contributed by atoms with Gasteiger partial charge in [-0.2, -0.15) is 5.26 Å². The number of hydrogen-bond donors (Lipinski definition) is 0. The van der Waals surface area contributed by atoms with Crippen molar-refractivity contribution in [2.24, 2.45) is 0 Å². The first kappa shape index (κ1) is 21.7. The first-order valence-electron chi connectivity index (χ1n) is 8.82. The molecule has 0 fully saturated rings. The minimum Gasteiger partial charge on any atom is -0.324 e. The molecule has 0 aromatic rings. The van der Waals surface area contributed by atoms with Crippen molar-refractivity contribution < 1.29 is 4.48 Å². The van der Waals surface area contributed by atoms with Crippen molar-refractivity contribution in [1.82, 2.24) is 0 Å². The van der Waals surface area contributed by atoms with Crippen molar-refractivity contribution in [3.05, 3.63) is 0 Å². The van der Waals surface area contributed by atoms with Crippen LogP contribution in [0.1, 0.15) is 86.0 Å². The smallest absolute Gasteiger partial charge is 0.0786 e. The third-order valence-corrected chi connectivity index (χ3v) is 3.94. The molecule has 0 unspecified atom stereocenters. The summed E-state index contributed by atoms with van der Waals surface area (Å²) < 4.78 is 1.42. The highest BCUT2D eigenvalue weighted by Gasteiger charge is 2.24. The Morgan fingerprint density at radius 3 is 1.00 bits per heavy atom. The normalized spacial score (nSPS) is 10.6. The van der Waals surface area contributed by atoms with Crippen LogP contribution in [0.2, 0.25) is 0 Å². The average molecular weight is 284 g/mol. The Balaban J connectivity index is 0. The molecule has 0 bridgehead atoms. The Hall–Kier alpha value is -0.550. The second-order valence-electron chi connectivity index (χ2n) is 5.87. The van der Waals surface area contributed by atoms with E-state index in [9.17, 15) is 0 Å². The predicted molar refractivity (Wildman–Crippen MR) is 90.6 cm³/mol. The van der Waals surface area contributed by atoms with E-state index in [0.717, 1.165) is 0 Å². The van der Waals surface area contributed by atoms with Gasteiger partial charge < -0.3 is 4.48 Å². The van der Waals surface area contributed by atoms with Gasteiger partial charge in [-0.25, -0.2) is 0 Å². The van der Waals surface area contributed by atoms with E-state index in [1.807, 2.05) is 0 Å². The Labute approximate surface area is 128 Å². The van der Waals surface area contributed by atoms with Crippen molar-refractivity contribution in [2.45, 2.75) is 86.0 Å². The minimum atomic E-state index is 1.35. The minimum absolute atomic E-state index is 1.35. The van der Waals surface area contributed by atoms with Crippen LogP contribution in [0, 0.1) is 11.3 Å². The molecule has 0 aliphatic carbocycles.